The molecule has 154 valence electrons. The molecular weight excluding hydrogens is 390 g/mol. The van der Waals surface area contributed by atoms with Crippen molar-refractivity contribution in [2.45, 2.75) is 32.4 Å². The molecular formula is C21H19F4NO3. The minimum Gasteiger partial charge on any atom is -0.478 e. The first-order valence-corrected chi connectivity index (χ1v) is 9.06. The van der Waals surface area contributed by atoms with E-state index in [4.69, 9.17) is 4.74 Å². The van der Waals surface area contributed by atoms with Gasteiger partial charge in [-0.25, -0.2) is 14.2 Å². The van der Waals surface area contributed by atoms with Crippen molar-refractivity contribution in [2.24, 2.45) is 0 Å². The monoisotopic (exact) mass is 409 g/mol. The molecule has 1 aromatic carbocycles. The zero-order valence-corrected chi connectivity index (χ0v) is 15.9. The molecule has 29 heavy (non-hydrogen) atoms. The molecule has 0 radical (unpaired) electrons. The number of hydrogen-bond donors (Lipinski definition) is 0. The van der Waals surface area contributed by atoms with Gasteiger partial charge in [-0.05, 0) is 67.2 Å². The third-order valence-corrected chi connectivity index (χ3v) is 4.67. The number of hydrogen-bond acceptors (Lipinski definition) is 4. The van der Waals surface area contributed by atoms with E-state index in [2.05, 4.69) is 9.72 Å². The molecule has 8 heteroatoms. The number of benzene rings is 1. The van der Waals surface area contributed by atoms with Gasteiger partial charge in [0, 0.05) is 11.8 Å². The number of halogens is 4. The highest BCUT2D eigenvalue weighted by atomic mass is 19.4. The van der Waals surface area contributed by atoms with Crippen LogP contribution in [-0.4, -0.2) is 24.7 Å². The first kappa shape index (κ1) is 20.8. The van der Waals surface area contributed by atoms with Gasteiger partial charge in [-0.3, -0.25) is 0 Å². The summed E-state index contributed by atoms with van der Waals surface area (Å²) in [6.45, 7) is 1.95. The first-order valence-electron chi connectivity index (χ1n) is 9.06. The predicted molar refractivity (Wildman–Crippen MR) is 98.8 cm³/mol. The largest absolute Gasteiger partial charge is 0.478 e. The van der Waals surface area contributed by atoms with Crippen LogP contribution in [-0.2, 0) is 10.9 Å². The maximum absolute atomic E-state index is 14.1. The highest BCUT2D eigenvalue weighted by Crippen LogP contribution is 2.44. The van der Waals surface area contributed by atoms with Crippen LogP contribution >= 0.6 is 0 Å². The van der Waals surface area contributed by atoms with Crippen LogP contribution in [0.3, 0.4) is 0 Å². The standard InChI is InChI=1S/C21H19F4NO3/c1-3-29-19-18(10-14(11-26-19)21(23,24)25)17-6-4-5-16(17)12-7-13(20(27)28-2)9-15(22)8-12/h7-11H,3-6H2,1-2H3. The van der Waals surface area contributed by atoms with Crippen molar-refractivity contribution < 1.29 is 31.8 Å². The molecule has 0 bridgehead atoms. The smallest absolute Gasteiger partial charge is 0.417 e. The Morgan fingerprint density at radius 3 is 2.52 bits per heavy atom. The van der Waals surface area contributed by atoms with Gasteiger partial charge in [0.25, 0.3) is 0 Å². The van der Waals surface area contributed by atoms with Crippen molar-refractivity contribution in [1.82, 2.24) is 4.98 Å². The van der Waals surface area contributed by atoms with Crippen LogP contribution in [0.5, 0.6) is 5.88 Å². The summed E-state index contributed by atoms with van der Waals surface area (Å²) >= 11 is 0. The Labute approximate surface area is 165 Å². The second-order valence-electron chi connectivity index (χ2n) is 6.54. The lowest BCUT2D eigenvalue weighted by Gasteiger charge is -2.15. The van der Waals surface area contributed by atoms with Gasteiger partial charge in [-0.2, -0.15) is 13.2 Å². The predicted octanol–water partition coefficient (Wildman–Crippen LogP) is 5.52. The number of carbonyl (C=O) groups is 1. The SMILES string of the molecule is CCOc1ncc(C(F)(F)F)cc1C1=C(c2cc(F)cc(C(=O)OC)c2)CCC1. The fourth-order valence-corrected chi connectivity index (χ4v) is 3.43. The van der Waals surface area contributed by atoms with E-state index in [1.54, 1.807) is 6.92 Å². The lowest BCUT2D eigenvalue weighted by molar-refractivity contribution is -0.137. The summed E-state index contributed by atoms with van der Waals surface area (Å²) < 4.78 is 63.9. The quantitative estimate of drug-likeness (QED) is 0.482. The number of nitrogens with zero attached hydrogens (tertiary/aromatic N) is 1. The zero-order chi connectivity index (χ0) is 21.2. The Balaban J connectivity index is 2.18. The van der Waals surface area contributed by atoms with Gasteiger partial charge in [0.15, 0.2) is 0 Å². The van der Waals surface area contributed by atoms with Gasteiger partial charge < -0.3 is 9.47 Å². The summed E-state index contributed by atoms with van der Waals surface area (Å²) in [4.78, 5) is 15.7. The van der Waals surface area contributed by atoms with Crippen LogP contribution in [0.1, 0.15) is 53.2 Å². The number of pyridine rings is 1. The van der Waals surface area contributed by atoms with Gasteiger partial charge >= 0.3 is 12.1 Å². The average molecular weight is 409 g/mol. The normalized spacial score (nSPS) is 14.3. The number of esters is 1. The lowest BCUT2D eigenvalue weighted by Crippen LogP contribution is -2.08. The highest BCUT2D eigenvalue weighted by Gasteiger charge is 2.33. The number of aromatic nitrogens is 1. The van der Waals surface area contributed by atoms with E-state index in [1.807, 2.05) is 0 Å². The summed E-state index contributed by atoms with van der Waals surface area (Å²) in [5.74, 6) is -1.23. The maximum Gasteiger partial charge on any atom is 0.417 e. The second kappa shape index (κ2) is 8.23. The summed E-state index contributed by atoms with van der Waals surface area (Å²) in [6.07, 6.45) is -2.12. The maximum atomic E-state index is 14.1. The van der Waals surface area contributed by atoms with E-state index < -0.39 is 23.5 Å². The number of ether oxygens (including phenoxy) is 2. The molecule has 2 aromatic rings. The third kappa shape index (κ3) is 4.41. The molecule has 0 spiro atoms. The van der Waals surface area contributed by atoms with E-state index in [1.165, 1.54) is 19.2 Å². The van der Waals surface area contributed by atoms with Crippen LogP contribution in [0.15, 0.2) is 30.5 Å². The molecule has 1 aliphatic rings. The molecule has 0 fully saturated rings. The van der Waals surface area contributed by atoms with Crippen LogP contribution in [0, 0.1) is 5.82 Å². The third-order valence-electron chi connectivity index (χ3n) is 4.67. The number of alkyl halides is 3. The van der Waals surface area contributed by atoms with Gasteiger partial charge in [-0.1, -0.05) is 0 Å². The van der Waals surface area contributed by atoms with Crippen LogP contribution in [0.4, 0.5) is 17.6 Å². The van der Waals surface area contributed by atoms with E-state index in [0.717, 1.165) is 18.3 Å². The molecule has 0 atom stereocenters. The van der Waals surface area contributed by atoms with Crippen LogP contribution in [0.2, 0.25) is 0 Å². The summed E-state index contributed by atoms with van der Waals surface area (Å²) in [6, 6.07) is 4.81. The van der Waals surface area contributed by atoms with Crippen LogP contribution in [0.25, 0.3) is 11.1 Å². The van der Waals surface area contributed by atoms with E-state index >= 15 is 0 Å². The number of methoxy groups -OCH3 is 1. The summed E-state index contributed by atoms with van der Waals surface area (Å²) in [5, 5.41) is 0. The van der Waals surface area contributed by atoms with Crippen molar-refractivity contribution in [1.29, 1.82) is 0 Å². The Hall–Kier alpha value is -2.90. The van der Waals surface area contributed by atoms with E-state index in [-0.39, 0.29) is 23.6 Å². The van der Waals surface area contributed by atoms with Crippen LogP contribution < -0.4 is 4.74 Å². The van der Waals surface area contributed by atoms with Crippen molar-refractivity contribution in [3.63, 3.8) is 0 Å². The topological polar surface area (TPSA) is 48.4 Å². The van der Waals surface area contributed by atoms with Crippen molar-refractivity contribution in [2.75, 3.05) is 13.7 Å². The number of rotatable bonds is 5. The Bertz CT molecular complexity index is 967. The molecule has 1 aromatic heterocycles. The first-order chi connectivity index (χ1) is 13.7. The molecule has 1 heterocycles. The fourth-order valence-electron chi connectivity index (χ4n) is 3.43. The minimum absolute atomic E-state index is 0.0356. The molecule has 0 saturated carbocycles. The molecule has 0 N–H and O–H groups in total. The second-order valence-corrected chi connectivity index (χ2v) is 6.54. The van der Waals surface area contributed by atoms with E-state index in [9.17, 15) is 22.4 Å². The molecule has 0 aliphatic heterocycles. The van der Waals surface area contributed by atoms with E-state index in [0.29, 0.717) is 36.0 Å². The number of allylic oxidation sites excluding steroid dienone is 2. The Morgan fingerprint density at radius 1 is 1.14 bits per heavy atom. The average Bonchev–Trinajstić information content (AvgIpc) is 3.16. The molecule has 0 amide bonds. The molecule has 4 nitrogen and oxygen atoms in total. The number of carbonyl (C=O) groups excluding carboxylic acids is 1. The van der Waals surface area contributed by atoms with Gasteiger partial charge in [0.1, 0.15) is 5.82 Å². The van der Waals surface area contributed by atoms with Crippen molar-refractivity contribution >= 4 is 17.1 Å². The van der Waals surface area contributed by atoms with Gasteiger partial charge in [0.05, 0.1) is 24.8 Å². The molecule has 1 aliphatic carbocycles. The van der Waals surface area contributed by atoms with Crippen molar-refractivity contribution in [3.05, 3.63) is 58.5 Å². The molecule has 0 unspecified atom stereocenters. The Kier molecular flexibility index (Phi) is 5.91. The summed E-state index contributed by atoms with van der Waals surface area (Å²) in [7, 11) is 1.19. The van der Waals surface area contributed by atoms with Gasteiger partial charge in [-0.15, -0.1) is 0 Å². The highest BCUT2D eigenvalue weighted by molar-refractivity contribution is 5.96. The van der Waals surface area contributed by atoms with Crippen molar-refractivity contribution in [3.8, 4) is 5.88 Å². The summed E-state index contributed by atoms with van der Waals surface area (Å²) in [5.41, 5.74) is 1.08. The fraction of sp³-hybridized carbons (Fsp3) is 0.333. The zero-order valence-electron chi connectivity index (χ0n) is 15.9. The molecule has 3 rings (SSSR count). The molecule has 0 saturated heterocycles. The minimum atomic E-state index is -4.55. The lowest BCUT2D eigenvalue weighted by atomic mass is 9.95. The van der Waals surface area contributed by atoms with Gasteiger partial charge in [0.2, 0.25) is 5.88 Å². The Morgan fingerprint density at radius 2 is 1.86 bits per heavy atom.